The normalized spacial score (nSPS) is 25.9. The quantitative estimate of drug-likeness (QED) is 0.0342. The van der Waals surface area contributed by atoms with Crippen LogP contribution in [0.25, 0.3) is 33.4 Å². The fourth-order valence-corrected chi connectivity index (χ4v) is 14.5. The Balaban J connectivity index is 0.804. The van der Waals surface area contributed by atoms with Crippen LogP contribution in [-0.2, 0) is 23.9 Å². The number of nitrogens with one attached hydrogen (secondary N) is 3. The second-order valence-electron chi connectivity index (χ2n) is 23.4. The van der Waals surface area contributed by atoms with Gasteiger partial charge in [0.05, 0.1) is 6.42 Å². The minimum Gasteiger partial charge on any atom is -0.505 e. The van der Waals surface area contributed by atoms with Gasteiger partial charge in [-0.25, -0.2) is 8.78 Å². The van der Waals surface area contributed by atoms with Gasteiger partial charge in [-0.1, -0.05) is 78.5 Å². The van der Waals surface area contributed by atoms with Gasteiger partial charge in [-0.15, -0.1) is 0 Å². The van der Waals surface area contributed by atoms with E-state index in [2.05, 4.69) is 63.6 Å². The topological polar surface area (TPSA) is 201 Å². The van der Waals surface area contributed by atoms with Crippen LogP contribution in [0.2, 0.25) is 0 Å². The smallest absolute Gasteiger partial charge is 0.307 e. The molecule has 15 heteroatoms. The Morgan fingerprint density at radius 3 is 2.37 bits per heavy atom. The lowest BCUT2D eigenvalue weighted by atomic mass is 9.47. The van der Waals surface area contributed by atoms with Gasteiger partial charge in [0.15, 0.2) is 17.4 Å². The van der Waals surface area contributed by atoms with Gasteiger partial charge in [-0.05, 0) is 140 Å². The van der Waals surface area contributed by atoms with Gasteiger partial charge in [0, 0.05) is 66.6 Å². The molecule has 13 nitrogen and oxygen atoms in total. The Kier molecular flexibility index (Phi) is 16.6. The molecule has 3 fully saturated rings. The zero-order valence-corrected chi connectivity index (χ0v) is 44.5. The van der Waals surface area contributed by atoms with Gasteiger partial charge < -0.3 is 35.3 Å². The monoisotopic (exact) mass is 1040 g/mol. The van der Waals surface area contributed by atoms with E-state index in [1.165, 1.54) is 62.3 Å². The van der Waals surface area contributed by atoms with Crippen molar-refractivity contribution in [3.63, 3.8) is 0 Å². The highest BCUT2D eigenvalue weighted by molar-refractivity contribution is 6.04. The van der Waals surface area contributed by atoms with Gasteiger partial charge in [-0.3, -0.25) is 28.8 Å². The largest absolute Gasteiger partial charge is 0.505 e. The molecule has 3 amide bonds. The first-order valence-corrected chi connectivity index (χ1v) is 27.2. The highest BCUT2D eigenvalue weighted by Gasteiger charge is 2.61. The van der Waals surface area contributed by atoms with E-state index in [1.807, 2.05) is 0 Å². The maximum atomic E-state index is 14.7. The standard InChI is InChI=1S/C60H75F2N3O10/c1-32(2)9-8-10-33(3)56-35(5)26-44-40-14-12-37-27-38(17-21-59(37,6)43(40)18-22-60(44,56)7)74-54(71)20-24-63-52(68)19-23-64-58(73)47(15-16-53(69)70)65-57(72)36-11-13-39(34(4)25-36)55-41-28-45(61)48(66)30-50(41)75-51-31-49(67)46(62)29-42(51)55/h11-13,25,28-33,35,38,40,43-44,47,56,66H,8-10,14-24,26-27H2,1-7H3,(H,63,68)(H,64,73)(H,65,72)(H,69,70)/t33-,35+,38?,40?,43?,44?,47+,56?,59?,60?/m1/s1. The number of aliphatic carboxylic acids is 1. The number of carboxylic acids is 1. The fourth-order valence-electron chi connectivity index (χ4n) is 14.5. The van der Waals surface area contributed by atoms with E-state index in [-0.39, 0.29) is 83.3 Å². The van der Waals surface area contributed by atoms with Crippen LogP contribution in [0.1, 0.15) is 147 Å². The van der Waals surface area contributed by atoms with Crippen molar-refractivity contribution < 1.29 is 52.1 Å². The van der Waals surface area contributed by atoms with E-state index in [1.54, 1.807) is 6.92 Å². The predicted molar refractivity (Wildman–Crippen MR) is 282 cm³/mol. The highest BCUT2D eigenvalue weighted by Crippen LogP contribution is 2.68. The van der Waals surface area contributed by atoms with Crippen LogP contribution in [0.15, 0.2) is 63.3 Å². The fraction of sp³-hybridized carbons (Fsp3) is 0.567. The number of rotatable bonds is 19. The number of carboxylic acid groups (broad SMARTS) is 1. The molecule has 5 aliphatic carbocycles. The number of esters is 1. The number of carbonyl (C=O) groups excluding carboxylic acids is 4. The van der Waals surface area contributed by atoms with Crippen molar-refractivity contribution in [2.24, 2.45) is 52.3 Å². The molecule has 2 aromatic rings. The predicted octanol–water partition coefficient (Wildman–Crippen LogP) is 11.0. The van der Waals surface area contributed by atoms with Crippen molar-refractivity contribution in [3.05, 3.63) is 87.1 Å². The molecule has 0 saturated heterocycles. The molecule has 2 aromatic carbocycles. The summed E-state index contributed by atoms with van der Waals surface area (Å²) in [4.78, 5) is 76.5. The molecule has 0 radical (unpaired) electrons. The highest BCUT2D eigenvalue weighted by atomic mass is 19.1. The lowest BCUT2D eigenvalue weighted by Gasteiger charge is -2.58. The molecular formula is C60H75F2N3O10. The number of ether oxygens (including phenoxy) is 1. The SMILES string of the molecule is Cc1cc(C(=O)N[C@@H](CCC(=O)O)C(=O)NCCC(=O)NCCC(=O)OC2CCC3(C)C(=CCC4C3CCC3(C)C4C[C@H](C)C3[C@H](C)CCCC(C)C)C2)ccc1-c1c2cc(F)c(=O)cc-2oc2cc(O)c(F)cc12. The number of amides is 3. The molecule has 404 valence electrons. The van der Waals surface area contributed by atoms with E-state index < -0.39 is 59.0 Å². The van der Waals surface area contributed by atoms with Crippen LogP contribution in [0.3, 0.4) is 0 Å². The third kappa shape index (κ3) is 11.7. The van der Waals surface area contributed by atoms with Crippen molar-refractivity contribution in [1.29, 1.82) is 0 Å². The van der Waals surface area contributed by atoms with Gasteiger partial charge in [-0.2, -0.15) is 0 Å². The summed E-state index contributed by atoms with van der Waals surface area (Å²) in [5.74, 6) is -1.02. The van der Waals surface area contributed by atoms with E-state index in [9.17, 15) is 47.8 Å². The summed E-state index contributed by atoms with van der Waals surface area (Å²) in [6.45, 7) is 16.4. The molecular weight excluding hydrogens is 961 g/mol. The molecule has 8 rings (SSSR count). The number of aromatic hydroxyl groups is 1. The van der Waals surface area contributed by atoms with E-state index in [4.69, 9.17) is 9.15 Å². The Bertz CT molecular complexity index is 2900. The first kappa shape index (κ1) is 55.1. The Morgan fingerprint density at radius 2 is 1.64 bits per heavy atom. The maximum Gasteiger partial charge on any atom is 0.307 e. The number of hydrogen-bond acceptors (Lipinski definition) is 9. The van der Waals surface area contributed by atoms with Crippen molar-refractivity contribution in [2.75, 3.05) is 13.1 Å². The van der Waals surface area contributed by atoms with E-state index in [0.29, 0.717) is 28.4 Å². The molecule has 0 aromatic heterocycles. The van der Waals surface area contributed by atoms with E-state index >= 15 is 0 Å². The molecule has 1 heterocycles. The minimum atomic E-state index is -1.29. The lowest BCUT2D eigenvalue weighted by molar-refractivity contribution is -0.151. The second kappa shape index (κ2) is 22.6. The number of benzene rings is 3. The Labute approximate surface area is 438 Å². The zero-order valence-electron chi connectivity index (χ0n) is 44.5. The molecule has 75 heavy (non-hydrogen) atoms. The van der Waals surface area contributed by atoms with Crippen molar-refractivity contribution in [3.8, 4) is 28.2 Å². The average molecular weight is 1040 g/mol. The number of hydrogen-bond donors (Lipinski definition) is 5. The van der Waals surface area contributed by atoms with Crippen LogP contribution in [0.5, 0.6) is 5.75 Å². The van der Waals surface area contributed by atoms with Crippen molar-refractivity contribution >= 4 is 40.6 Å². The number of carbonyl (C=O) groups is 5. The van der Waals surface area contributed by atoms with Crippen LogP contribution >= 0.6 is 0 Å². The molecule has 7 unspecified atom stereocenters. The molecule has 10 atom stereocenters. The number of halogens is 2. The number of fused-ring (bicyclic) bond motifs is 7. The van der Waals surface area contributed by atoms with Gasteiger partial charge in [0.25, 0.3) is 5.91 Å². The second-order valence-corrected chi connectivity index (χ2v) is 23.4. The third-order valence-electron chi connectivity index (χ3n) is 18.0. The first-order valence-electron chi connectivity index (χ1n) is 27.2. The number of phenols is 1. The van der Waals surface area contributed by atoms with Crippen LogP contribution in [0.4, 0.5) is 8.78 Å². The van der Waals surface area contributed by atoms with Crippen LogP contribution < -0.4 is 21.4 Å². The molecule has 5 N–H and O–H groups in total. The summed E-state index contributed by atoms with van der Waals surface area (Å²) < 4.78 is 41.1. The maximum absolute atomic E-state index is 14.7. The Hall–Kier alpha value is -6.12. The van der Waals surface area contributed by atoms with E-state index in [0.717, 1.165) is 79.5 Å². The third-order valence-corrected chi connectivity index (χ3v) is 18.0. The molecule has 0 bridgehead atoms. The van der Waals surface area contributed by atoms with Crippen LogP contribution in [-0.4, -0.2) is 65.1 Å². The van der Waals surface area contributed by atoms with Crippen molar-refractivity contribution in [1.82, 2.24) is 16.0 Å². The van der Waals surface area contributed by atoms with Crippen LogP contribution in [0, 0.1) is 70.8 Å². The van der Waals surface area contributed by atoms with Gasteiger partial charge >= 0.3 is 11.9 Å². The molecule has 3 saturated carbocycles. The number of aryl methyl sites for hydroxylation is 1. The molecule has 1 aliphatic heterocycles. The average Bonchev–Trinajstić information content (AvgIpc) is 3.66. The lowest BCUT2D eigenvalue weighted by Crippen LogP contribution is -2.51. The van der Waals surface area contributed by atoms with Crippen molar-refractivity contribution in [2.45, 2.75) is 151 Å². The first-order chi connectivity index (χ1) is 35.6. The summed E-state index contributed by atoms with van der Waals surface area (Å²) >= 11 is 0. The number of allylic oxidation sites excluding steroid dienone is 1. The van der Waals surface area contributed by atoms with Gasteiger partial charge in [0.1, 0.15) is 23.5 Å². The molecule has 6 aliphatic rings. The summed E-state index contributed by atoms with van der Waals surface area (Å²) in [5, 5.41) is 27.5. The van der Waals surface area contributed by atoms with Gasteiger partial charge in [0.2, 0.25) is 17.2 Å². The Morgan fingerprint density at radius 1 is 0.880 bits per heavy atom. The molecule has 0 spiro atoms. The summed E-state index contributed by atoms with van der Waals surface area (Å²) in [6, 6.07) is 7.11. The summed E-state index contributed by atoms with van der Waals surface area (Å²) in [5.41, 5.74) is 2.40. The zero-order chi connectivity index (χ0) is 54.1. The summed E-state index contributed by atoms with van der Waals surface area (Å²) in [7, 11) is 0. The number of phenolic OH excluding ortho intramolecular Hbond substituents is 1. The minimum absolute atomic E-state index is 0.00681. The summed E-state index contributed by atoms with van der Waals surface area (Å²) in [6.07, 6.45) is 13.0.